The largest absolute Gasteiger partial charge is 0.307 e. The van der Waals surface area contributed by atoms with Gasteiger partial charge in [0.2, 0.25) is 9.84 Å². The lowest BCUT2D eigenvalue weighted by Gasteiger charge is -2.21. The number of anilines is 1. The van der Waals surface area contributed by atoms with E-state index in [0.717, 1.165) is 6.42 Å². The van der Waals surface area contributed by atoms with Crippen LogP contribution in [0.3, 0.4) is 0 Å². The molecule has 1 aliphatic heterocycles. The fourth-order valence-electron chi connectivity index (χ4n) is 2.60. The van der Waals surface area contributed by atoms with Crippen molar-refractivity contribution in [1.82, 2.24) is 0 Å². The number of para-hydroxylation sites is 1. The van der Waals surface area contributed by atoms with E-state index in [4.69, 9.17) is 0 Å². The predicted octanol–water partition coefficient (Wildman–Crippen LogP) is 2.89. The van der Waals surface area contributed by atoms with Crippen molar-refractivity contribution in [2.75, 3.05) is 11.4 Å². The number of nitrogens with zero attached hydrogens (tertiary/aromatic N) is 1. The van der Waals surface area contributed by atoms with Gasteiger partial charge in [0.15, 0.2) is 0 Å². The number of fused-ring (bicyclic) bond motifs is 2. The zero-order chi connectivity index (χ0) is 15.0. The Morgan fingerprint density at radius 2 is 1.57 bits per heavy atom. The molecule has 0 saturated carbocycles. The van der Waals surface area contributed by atoms with Crippen LogP contribution < -0.4 is 4.90 Å². The van der Waals surface area contributed by atoms with E-state index in [1.807, 2.05) is 6.92 Å². The quantitative estimate of drug-likeness (QED) is 0.857. The van der Waals surface area contributed by atoms with Gasteiger partial charge in [-0.15, -0.1) is 0 Å². The number of carbonyl (C=O) groups is 1. The summed E-state index contributed by atoms with van der Waals surface area (Å²) in [4.78, 5) is 14.6. The molecule has 0 saturated heterocycles. The molecule has 0 aromatic heterocycles. The molecule has 5 heteroatoms. The maximum absolute atomic E-state index is 12.8. The van der Waals surface area contributed by atoms with E-state index >= 15 is 0 Å². The van der Waals surface area contributed by atoms with Crippen LogP contribution in [0.5, 0.6) is 0 Å². The van der Waals surface area contributed by atoms with Crippen molar-refractivity contribution in [1.29, 1.82) is 0 Å². The van der Waals surface area contributed by atoms with Crippen molar-refractivity contribution < 1.29 is 13.2 Å². The summed E-state index contributed by atoms with van der Waals surface area (Å²) in [6, 6.07) is 13.1. The first-order valence-electron chi connectivity index (χ1n) is 6.82. The highest BCUT2D eigenvalue weighted by atomic mass is 32.2. The third-order valence-corrected chi connectivity index (χ3v) is 5.40. The minimum atomic E-state index is -3.68. The van der Waals surface area contributed by atoms with E-state index in [1.165, 1.54) is 6.07 Å². The molecule has 0 unspecified atom stereocenters. The normalized spacial score (nSPS) is 16.0. The van der Waals surface area contributed by atoms with Gasteiger partial charge in [-0.2, -0.15) is 0 Å². The standard InChI is InChI=1S/C16H15NO3S/c1-2-11-17-13-8-4-6-10-15(13)21(19,20)14-9-5-3-7-12(14)16(17)18/h3-10H,2,11H2,1H3. The second-order valence-corrected chi connectivity index (χ2v) is 6.81. The molecule has 2 aromatic carbocycles. The molecule has 0 N–H and O–H groups in total. The Labute approximate surface area is 123 Å². The highest BCUT2D eigenvalue weighted by Gasteiger charge is 2.34. The second kappa shape index (κ2) is 5.00. The van der Waals surface area contributed by atoms with Crippen LogP contribution in [0.1, 0.15) is 23.7 Å². The van der Waals surface area contributed by atoms with Crippen LogP contribution in [0.4, 0.5) is 5.69 Å². The van der Waals surface area contributed by atoms with Crippen LogP contribution in [-0.2, 0) is 9.84 Å². The SMILES string of the molecule is CCCN1C(=O)c2ccccc2S(=O)(=O)c2ccccc21. The molecular formula is C16H15NO3S. The minimum absolute atomic E-state index is 0.0843. The molecule has 1 heterocycles. The van der Waals surface area contributed by atoms with Gasteiger partial charge in [0.1, 0.15) is 0 Å². The third kappa shape index (κ3) is 2.05. The van der Waals surface area contributed by atoms with Gasteiger partial charge < -0.3 is 4.90 Å². The highest BCUT2D eigenvalue weighted by Crippen LogP contribution is 2.36. The Balaban J connectivity index is 2.39. The molecule has 21 heavy (non-hydrogen) atoms. The van der Waals surface area contributed by atoms with E-state index in [-0.39, 0.29) is 21.3 Å². The fraction of sp³-hybridized carbons (Fsp3) is 0.188. The molecule has 3 rings (SSSR count). The number of hydrogen-bond acceptors (Lipinski definition) is 3. The van der Waals surface area contributed by atoms with E-state index in [0.29, 0.717) is 12.2 Å². The summed E-state index contributed by atoms with van der Waals surface area (Å²) in [5.41, 5.74) is 0.697. The van der Waals surface area contributed by atoms with Crippen LogP contribution >= 0.6 is 0 Å². The minimum Gasteiger partial charge on any atom is -0.307 e. The molecule has 0 aliphatic carbocycles. The maximum atomic E-state index is 12.8. The fourth-order valence-corrected chi connectivity index (χ4v) is 4.25. The van der Waals surface area contributed by atoms with E-state index < -0.39 is 9.84 Å². The van der Waals surface area contributed by atoms with Crippen molar-refractivity contribution in [3.63, 3.8) is 0 Å². The molecule has 4 nitrogen and oxygen atoms in total. The topological polar surface area (TPSA) is 54.5 Å². The Hall–Kier alpha value is -2.14. The molecule has 0 bridgehead atoms. The summed E-state index contributed by atoms with van der Waals surface area (Å²) < 4.78 is 25.7. The molecule has 0 spiro atoms. The van der Waals surface area contributed by atoms with E-state index in [2.05, 4.69) is 0 Å². The molecule has 1 aliphatic rings. The Kier molecular flexibility index (Phi) is 3.29. The molecule has 0 fully saturated rings. The van der Waals surface area contributed by atoms with Gasteiger partial charge in [-0.3, -0.25) is 4.79 Å². The predicted molar refractivity (Wildman–Crippen MR) is 80.3 cm³/mol. The zero-order valence-electron chi connectivity index (χ0n) is 11.6. The highest BCUT2D eigenvalue weighted by molar-refractivity contribution is 7.91. The van der Waals surface area contributed by atoms with Crippen molar-refractivity contribution in [2.24, 2.45) is 0 Å². The van der Waals surface area contributed by atoms with Crippen molar-refractivity contribution in [3.05, 3.63) is 54.1 Å². The lowest BCUT2D eigenvalue weighted by molar-refractivity contribution is 0.0984. The summed E-state index contributed by atoms with van der Waals surface area (Å²) in [6.07, 6.45) is 0.752. The van der Waals surface area contributed by atoms with Gasteiger partial charge in [0, 0.05) is 6.54 Å². The first-order chi connectivity index (χ1) is 10.1. The Morgan fingerprint density at radius 3 is 2.29 bits per heavy atom. The first-order valence-corrected chi connectivity index (χ1v) is 8.30. The maximum Gasteiger partial charge on any atom is 0.259 e. The number of amides is 1. The number of rotatable bonds is 2. The lowest BCUT2D eigenvalue weighted by atomic mass is 10.1. The van der Waals surface area contributed by atoms with Crippen LogP contribution in [0.15, 0.2) is 58.3 Å². The number of carbonyl (C=O) groups excluding carboxylic acids is 1. The average molecular weight is 301 g/mol. The van der Waals surface area contributed by atoms with E-state index in [9.17, 15) is 13.2 Å². The monoisotopic (exact) mass is 301 g/mol. The van der Waals surface area contributed by atoms with Gasteiger partial charge in [-0.1, -0.05) is 31.2 Å². The van der Waals surface area contributed by atoms with Gasteiger partial charge in [-0.25, -0.2) is 8.42 Å². The Morgan fingerprint density at radius 1 is 0.952 bits per heavy atom. The van der Waals surface area contributed by atoms with Crippen LogP contribution in [0.25, 0.3) is 0 Å². The summed E-state index contributed by atoms with van der Waals surface area (Å²) in [5.74, 6) is -0.263. The van der Waals surface area contributed by atoms with Crippen molar-refractivity contribution in [3.8, 4) is 0 Å². The van der Waals surface area contributed by atoms with Crippen LogP contribution in [0, 0.1) is 0 Å². The molecule has 108 valence electrons. The van der Waals surface area contributed by atoms with Crippen LogP contribution in [0.2, 0.25) is 0 Å². The molecule has 0 atom stereocenters. The third-order valence-electron chi connectivity index (χ3n) is 3.54. The second-order valence-electron chi connectivity index (χ2n) is 4.92. The summed E-state index contributed by atoms with van der Waals surface area (Å²) >= 11 is 0. The molecular weight excluding hydrogens is 286 g/mol. The first kappa shape index (κ1) is 13.8. The van der Waals surface area contributed by atoms with Gasteiger partial charge in [0.05, 0.1) is 21.0 Å². The van der Waals surface area contributed by atoms with E-state index in [1.54, 1.807) is 47.4 Å². The van der Waals surface area contributed by atoms with Gasteiger partial charge in [-0.05, 0) is 30.7 Å². The Bertz CT molecular complexity index is 812. The van der Waals surface area contributed by atoms with Crippen molar-refractivity contribution in [2.45, 2.75) is 23.1 Å². The van der Waals surface area contributed by atoms with Gasteiger partial charge >= 0.3 is 0 Å². The number of hydrogen-bond donors (Lipinski definition) is 0. The number of benzene rings is 2. The molecule has 0 radical (unpaired) electrons. The summed E-state index contributed by atoms with van der Waals surface area (Å²) in [5, 5.41) is 0. The zero-order valence-corrected chi connectivity index (χ0v) is 12.4. The summed E-state index contributed by atoms with van der Waals surface area (Å²) in [6.45, 7) is 2.45. The molecule has 2 aromatic rings. The average Bonchev–Trinajstić information content (AvgIpc) is 2.57. The summed E-state index contributed by atoms with van der Waals surface area (Å²) in [7, 11) is -3.68. The van der Waals surface area contributed by atoms with Crippen molar-refractivity contribution >= 4 is 21.4 Å². The lowest BCUT2D eigenvalue weighted by Crippen LogP contribution is -2.31. The smallest absolute Gasteiger partial charge is 0.259 e. The van der Waals surface area contributed by atoms with Gasteiger partial charge in [0.25, 0.3) is 5.91 Å². The number of sulfone groups is 1. The van der Waals surface area contributed by atoms with Crippen LogP contribution in [-0.4, -0.2) is 20.9 Å². The molecule has 1 amide bonds.